The lowest BCUT2D eigenvalue weighted by atomic mass is 10.1. The Balaban J connectivity index is 0.000000154. The van der Waals surface area contributed by atoms with Gasteiger partial charge in [-0.3, -0.25) is 9.59 Å². The van der Waals surface area contributed by atoms with Crippen molar-refractivity contribution in [1.29, 1.82) is 0 Å². The molecule has 0 bridgehead atoms. The van der Waals surface area contributed by atoms with E-state index in [1.807, 2.05) is 30.3 Å². The fourth-order valence-corrected chi connectivity index (χ4v) is 2.97. The standard InChI is InChI=1S/C11H8N2O.C6H10O2/c14-11-10-8(5-6-12-10)7-3-1-2-4-9(7)13-11;7-6(8)5-3-1-2-4-5/h1-6,12H,(H,13,14);5H,1-4H2,(H,7,8). The summed E-state index contributed by atoms with van der Waals surface area (Å²) in [5.41, 5.74) is 1.46. The van der Waals surface area contributed by atoms with E-state index in [-0.39, 0.29) is 11.5 Å². The van der Waals surface area contributed by atoms with Crippen molar-refractivity contribution in [3.05, 3.63) is 46.9 Å². The number of aromatic amines is 2. The van der Waals surface area contributed by atoms with Crippen molar-refractivity contribution in [1.82, 2.24) is 9.97 Å². The van der Waals surface area contributed by atoms with Crippen LogP contribution in [0.15, 0.2) is 41.3 Å². The molecule has 0 spiro atoms. The molecule has 1 aliphatic carbocycles. The lowest BCUT2D eigenvalue weighted by Gasteiger charge is -1.97. The van der Waals surface area contributed by atoms with Crippen LogP contribution in [0.1, 0.15) is 25.7 Å². The highest BCUT2D eigenvalue weighted by Crippen LogP contribution is 2.24. The van der Waals surface area contributed by atoms with Gasteiger partial charge in [0.15, 0.2) is 0 Å². The van der Waals surface area contributed by atoms with Gasteiger partial charge in [-0.1, -0.05) is 31.0 Å². The van der Waals surface area contributed by atoms with Gasteiger partial charge in [0.1, 0.15) is 5.52 Å². The van der Waals surface area contributed by atoms with E-state index in [9.17, 15) is 9.59 Å². The van der Waals surface area contributed by atoms with Crippen molar-refractivity contribution in [2.45, 2.75) is 25.7 Å². The summed E-state index contributed by atoms with van der Waals surface area (Å²) in [7, 11) is 0. The van der Waals surface area contributed by atoms with Crippen LogP contribution in [-0.2, 0) is 4.79 Å². The molecule has 1 saturated carbocycles. The van der Waals surface area contributed by atoms with Gasteiger partial charge in [0.25, 0.3) is 5.56 Å². The monoisotopic (exact) mass is 298 g/mol. The number of carboxylic acids is 1. The van der Waals surface area contributed by atoms with Gasteiger partial charge in [0.2, 0.25) is 0 Å². The quantitative estimate of drug-likeness (QED) is 0.644. The highest BCUT2D eigenvalue weighted by atomic mass is 16.4. The smallest absolute Gasteiger partial charge is 0.306 e. The number of fused-ring (bicyclic) bond motifs is 3. The first-order chi connectivity index (χ1) is 10.7. The van der Waals surface area contributed by atoms with Crippen LogP contribution in [0.2, 0.25) is 0 Å². The number of carbonyl (C=O) groups is 1. The van der Waals surface area contributed by atoms with Crippen molar-refractivity contribution in [3.63, 3.8) is 0 Å². The van der Waals surface area contributed by atoms with E-state index in [1.165, 1.54) is 0 Å². The van der Waals surface area contributed by atoms with E-state index < -0.39 is 5.97 Å². The number of H-pyrrole nitrogens is 2. The molecule has 3 aromatic rings. The Morgan fingerprint density at radius 2 is 1.82 bits per heavy atom. The molecule has 4 rings (SSSR count). The van der Waals surface area contributed by atoms with Gasteiger partial charge >= 0.3 is 5.97 Å². The topological polar surface area (TPSA) is 85.9 Å². The van der Waals surface area contributed by atoms with Crippen molar-refractivity contribution >= 4 is 27.8 Å². The summed E-state index contributed by atoms with van der Waals surface area (Å²) in [6.07, 6.45) is 5.80. The maximum Gasteiger partial charge on any atom is 0.306 e. The summed E-state index contributed by atoms with van der Waals surface area (Å²) in [5.74, 6) is -0.627. The second-order valence-corrected chi connectivity index (χ2v) is 5.59. The highest BCUT2D eigenvalue weighted by Gasteiger charge is 2.21. The van der Waals surface area contributed by atoms with Crippen LogP contribution in [0.5, 0.6) is 0 Å². The highest BCUT2D eigenvalue weighted by molar-refractivity contribution is 6.03. The minimum Gasteiger partial charge on any atom is -0.481 e. The van der Waals surface area contributed by atoms with Crippen molar-refractivity contribution in [2.24, 2.45) is 5.92 Å². The minimum atomic E-state index is -0.609. The lowest BCUT2D eigenvalue weighted by molar-refractivity contribution is -0.141. The molecule has 5 nitrogen and oxygen atoms in total. The Hall–Kier alpha value is -2.56. The molecule has 2 aromatic heterocycles. The van der Waals surface area contributed by atoms with Gasteiger partial charge in [0, 0.05) is 22.5 Å². The van der Waals surface area contributed by atoms with E-state index in [4.69, 9.17) is 5.11 Å². The number of aromatic nitrogens is 2. The summed E-state index contributed by atoms with van der Waals surface area (Å²) < 4.78 is 0. The molecule has 1 fully saturated rings. The molecule has 22 heavy (non-hydrogen) atoms. The number of rotatable bonds is 1. The average Bonchev–Trinajstić information content (AvgIpc) is 3.20. The zero-order valence-electron chi connectivity index (χ0n) is 12.1. The predicted octanol–water partition coefficient (Wildman–Crippen LogP) is 3.27. The number of hydrogen-bond acceptors (Lipinski definition) is 2. The number of carboxylic acid groups (broad SMARTS) is 1. The number of benzene rings is 1. The molecule has 0 radical (unpaired) electrons. The van der Waals surface area contributed by atoms with E-state index in [2.05, 4.69) is 9.97 Å². The van der Waals surface area contributed by atoms with E-state index >= 15 is 0 Å². The number of pyridine rings is 1. The summed E-state index contributed by atoms with van der Waals surface area (Å²) >= 11 is 0. The van der Waals surface area contributed by atoms with E-state index in [0.29, 0.717) is 5.52 Å². The Bertz CT molecular complexity index is 857. The van der Waals surface area contributed by atoms with Crippen LogP contribution >= 0.6 is 0 Å². The molecule has 0 unspecified atom stereocenters. The molecule has 0 amide bonds. The van der Waals surface area contributed by atoms with E-state index in [1.54, 1.807) is 6.20 Å². The number of aliphatic carboxylic acids is 1. The summed E-state index contributed by atoms with van der Waals surface area (Å²) in [6.45, 7) is 0. The van der Waals surface area contributed by atoms with Gasteiger partial charge in [-0.15, -0.1) is 0 Å². The van der Waals surface area contributed by atoms with Gasteiger partial charge in [-0.25, -0.2) is 0 Å². The molecule has 2 heterocycles. The normalized spacial score (nSPS) is 14.9. The molecule has 0 atom stereocenters. The molecular weight excluding hydrogens is 280 g/mol. The summed E-state index contributed by atoms with van der Waals surface area (Å²) in [6, 6.07) is 9.71. The van der Waals surface area contributed by atoms with Crippen LogP contribution in [0.4, 0.5) is 0 Å². The molecule has 114 valence electrons. The summed E-state index contributed by atoms with van der Waals surface area (Å²) in [5, 5.41) is 10.5. The Morgan fingerprint density at radius 3 is 2.50 bits per heavy atom. The number of nitrogens with one attached hydrogen (secondary N) is 2. The molecule has 1 aromatic carbocycles. The molecular formula is C17H18N2O3. The third-order valence-corrected chi connectivity index (χ3v) is 4.14. The average molecular weight is 298 g/mol. The van der Waals surface area contributed by atoms with Crippen LogP contribution in [0.25, 0.3) is 21.8 Å². The van der Waals surface area contributed by atoms with Gasteiger partial charge < -0.3 is 15.1 Å². The Morgan fingerprint density at radius 1 is 1.09 bits per heavy atom. The maximum absolute atomic E-state index is 11.6. The zero-order chi connectivity index (χ0) is 15.5. The first-order valence-electron chi connectivity index (χ1n) is 7.48. The largest absolute Gasteiger partial charge is 0.481 e. The Labute approximate surface area is 127 Å². The summed E-state index contributed by atoms with van der Waals surface area (Å²) in [4.78, 5) is 27.5. The lowest BCUT2D eigenvalue weighted by Crippen LogP contribution is -2.07. The first kappa shape index (κ1) is 14.4. The van der Waals surface area contributed by atoms with Crippen LogP contribution in [0, 0.1) is 5.92 Å². The van der Waals surface area contributed by atoms with Crippen LogP contribution in [-0.4, -0.2) is 21.0 Å². The minimum absolute atomic E-state index is 0.0185. The van der Waals surface area contributed by atoms with Crippen LogP contribution in [0.3, 0.4) is 0 Å². The van der Waals surface area contributed by atoms with Gasteiger partial charge in [-0.05, 0) is 25.0 Å². The fourth-order valence-electron chi connectivity index (χ4n) is 2.97. The number of para-hydroxylation sites is 1. The van der Waals surface area contributed by atoms with Crippen molar-refractivity contribution in [2.75, 3.05) is 0 Å². The third-order valence-electron chi connectivity index (χ3n) is 4.14. The predicted molar refractivity (Wildman–Crippen MR) is 86.0 cm³/mol. The van der Waals surface area contributed by atoms with Crippen molar-refractivity contribution < 1.29 is 9.90 Å². The van der Waals surface area contributed by atoms with Gasteiger partial charge in [-0.2, -0.15) is 0 Å². The second kappa shape index (κ2) is 6.05. The molecule has 0 aliphatic heterocycles. The Kier molecular flexibility index (Phi) is 3.96. The first-order valence-corrected chi connectivity index (χ1v) is 7.48. The van der Waals surface area contributed by atoms with E-state index in [0.717, 1.165) is 42.0 Å². The molecule has 3 N–H and O–H groups in total. The second-order valence-electron chi connectivity index (χ2n) is 5.59. The molecule has 5 heteroatoms. The third kappa shape index (κ3) is 2.74. The van der Waals surface area contributed by atoms with Crippen LogP contribution < -0.4 is 5.56 Å². The molecule has 0 saturated heterocycles. The zero-order valence-corrected chi connectivity index (χ0v) is 12.1. The number of hydrogen-bond donors (Lipinski definition) is 3. The molecule has 1 aliphatic rings. The SMILES string of the molecule is O=C(O)C1CCCC1.O=c1[nH]c2ccccc2c2cc[nH]c12. The fraction of sp³-hybridized carbons (Fsp3) is 0.294. The maximum atomic E-state index is 11.6. The van der Waals surface area contributed by atoms with Crippen molar-refractivity contribution in [3.8, 4) is 0 Å². The van der Waals surface area contributed by atoms with Gasteiger partial charge in [0.05, 0.1) is 5.92 Å².